The van der Waals surface area contributed by atoms with E-state index in [1.54, 1.807) is 0 Å². The molecule has 0 saturated carbocycles. The molecule has 1 aromatic rings. The van der Waals surface area contributed by atoms with Crippen LogP contribution in [0.25, 0.3) is 0 Å². The molecule has 0 radical (unpaired) electrons. The van der Waals surface area contributed by atoms with Gasteiger partial charge in [-0.15, -0.1) is 0 Å². The summed E-state index contributed by atoms with van der Waals surface area (Å²) in [7, 11) is 3.90. The van der Waals surface area contributed by atoms with Crippen LogP contribution in [0.4, 0.5) is 0 Å². The third-order valence-electron chi connectivity index (χ3n) is 3.18. The van der Waals surface area contributed by atoms with Gasteiger partial charge in [-0.05, 0) is 32.9 Å². The van der Waals surface area contributed by atoms with Crippen LogP contribution in [0.3, 0.4) is 0 Å². The summed E-state index contributed by atoms with van der Waals surface area (Å²) in [6.07, 6.45) is 4.20. The van der Waals surface area contributed by atoms with Gasteiger partial charge < -0.3 is 10.1 Å². The Morgan fingerprint density at radius 1 is 1.67 bits per heavy atom. The number of nitrogens with zero attached hydrogens (tertiary/aromatic N) is 2. The Morgan fingerprint density at radius 3 is 2.93 bits per heavy atom. The number of rotatable bonds is 3. The van der Waals surface area contributed by atoms with E-state index in [0.717, 1.165) is 25.1 Å². The predicted molar refractivity (Wildman–Crippen MR) is 58.6 cm³/mol. The minimum absolute atomic E-state index is 0.108. The minimum Gasteiger partial charge on any atom is -0.373 e. The van der Waals surface area contributed by atoms with E-state index in [0.29, 0.717) is 0 Å². The average molecular weight is 209 g/mol. The van der Waals surface area contributed by atoms with Crippen LogP contribution in [0, 0.1) is 0 Å². The van der Waals surface area contributed by atoms with Gasteiger partial charge in [-0.2, -0.15) is 5.10 Å². The highest BCUT2D eigenvalue weighted by molar-refractivity contribution is 5.12. The first-order valence-corrected chi connectivity index (χ1v) is 5.46. The first-order chi connectivity index (χ1) is 7.15. The summed E-state index contributed by atoms with van der Waals surface area (Å²) < 4.78 is 7.68. The molecule has 15 heavy (non-hydrogen) atoms. The minimum atomic E-state index is -0.108. The van der Waals surface area contributed by atoms with Crippen molar-refractivity contribution in [1.29, 1.82) is 0 Å². The van der Waals surface area contributed by atoms with E-state index in [-0.39, 0.29) is 11.6 Å². The van der Waals surface area contributed by atoms with Crippen molar-refractivity contribution in [2.45, 2.75) is 31.4 Å². The van der Waals surface area contributed by atoms with Gasteiger partial charge in [-0.1, -0.05) is 0 Å². The number of aryl methyl sites for hydroxylation is 1. The zero-order valence-electron chi connectivity index (χ0n) is 9.66. The Labute approximate surface area is 90.6 Å². The van der Waals surface area contributed by atoms with Crippen molar-refractivity contribution in [3.63, 3.8) is 0 Å². The average Bonchev–Trinajstić information content (AvgIpc) is 2.78. The van der Waals surface area contributed by atoms with Gasteiger partial charge in [0, 0.05) is 19.9 Å². The van der Waals surface area contributed by atoms with Crippen LogP contribution in [-0.4, -0.2) is 29.0 Å². The van der Waals surface area contributed by atoms with Crippen LogP contribution >= 0.6 is 0 Å². The van der Waals surface area contributed by atoms with Gasteiger partial charge in [-0.3, -0.25) is 4.68 Å². The molecule has 84 valence electrons. The molecule has 0 aliphatic carbocycles. The van der Waals surface area contributed by atoms with Crippen LogP contribution in [0.1, 0.15) is 31.5 Å². The van der Waals surface area contributed by atoms with Gasteiger partial charge in [0.25, 0.3) is 0 Å². The summed E-state index contributed by atoms with van der Waals surface area (Å²) in [5, 5.41) is 7.76. The van der Waals surface area contributed by atoms with Gasteiger partial charge in [0.15, 0.2) is 0 Å². The molecule has 4 nitrogen and oxygen atoms in total. The van der Waals surface area contributed by atoms with E-state index in [2.05, 4.69) is 17.3 Å². The second-order valence-corrected chi connectivity index (χ2v) is 4.40. The summed E-state index contributed by atoms with van der Waals surface area (Å²) >= 11 is 0. The molecule has 2 rings (SSSR count). The van der Waals surface area contributed by atoms with Crippen molar-refractivity contribution < 1.29 is 4.74 Å². The van der Waals surface area contributed by atoms with Crippen LogP contribution in [0.15, 0.2) is 12.3 Å². The number of likely N-dealkylation sites (N-methyl/N-ethyl adjacent to an activating group) is 1. The molecule has 1 N–H and O–H groups in total. The highest BCUT2D eigenvalue weighted by Crippen LogP contribution is 2.36. The van der Waals surface area contributed by atoms with Crippen LogP contribution in [0.2, 0.25) is 0 Å². The Balaban J connectivity index is 2.23. The van der Waals surface area contributed by atoms with Gasteiger partial charge >= 0.3 is 0 Å². The van der Waals surface area contributed by atoms with Crippen LogP contribution in [-0.2, 0) is 11.8 Å². The topological polar surface area (TPSA) is 39.1 Å². The van der Waals surface area contributed by atoms with Gasteiger partial charge in [0.1, 0.15) is 0 Å². The maximum atomic E-state index is 5.85. The van der Waals surface area contributed by atoms with Crippen molar-refractivity contribution in [2.75, 3.05) is 13.7 Å². The molecule has 2 unspecified atom stereocenters. The first kappa shape index (κ1) is 10.6. The van der Waals surface area contributed by atoms with E-state index >= 15 is 0 Å². The van der Waals surface area contributed by atoms with E-state index in [4.69, 9.17) is 4.74 Å². The molecule has 1 aliphatic rings. The molecule has 2 heterocycles. The lowest BCUT2D eigenvalue weighted by Gasteiger charge is -2.31. The Bertz CT molecular complexity index is 328. The molecule has 0 amide bonds. The zero-order chi connectivity index (χ0) is 10.9. The molecule has 1 fully saturated rings. The van der Waals surface area contributed by atoms with E-state index < -0.39 is 0 Å². The lowest BCUT2D eigenvalue weighted by atomic mass is 9.91. The number of nitrogens with one attached hydrogen (secondary N) is 1. The lowest BCUT2D eigenvalue weighted by molar-refractivity contribution is -0.0117. The van der Waals surface area contributed by atoms with Crippen molar-refractivity contribution in [2.24, 2.45) is 7.05 Å². The molecule has 1 aromatic heterocycles. The molecule has 0 bridgehead atoms. The summed E-state index contributed by atoms with van der Waals surface area (Å²) in [5.41, 5.74) is 0.952. The number of hydrogen-bond donors (Lipinski definition) is 1. The predicted octanol–water partition coefficient (Wildman–Crippen LogP) is 1.25. The van der Waals surface area contributed by atoms with E-state index in [1.165, 1.54) is 0 Å². The van der Waals surface area contributed by atoms with Gasteiger partial charge in [-0.25, -0.2) is 0 Å². The van der Waals surface area contributed by atoms with Crippen molar-refractivity contribution in [3.8, 4) is 0 Å². The fraction of sp³-hybridized carbons (Fsp3) is 0.727. The highest BCUT2D eigenvalue weighted by atomic mass is 16.5. The zero-order valence-corrected chi connectivity index (χ0v) is 9.66. The first-order valence-electron chi connectivity index (χ1n) is 5.46. The molecular weight excluding hydrogens is 190 g/mol. The smallest absolute Gasteiger partial charge is 0.0865 e. The monoisotopic (exact) mass is 209 g/mol. The highest BCUT2D eigenvalue weighted by Gasteiger charge is 2.39. The summed E-state index contributed by atoms with van der Waals surface area (Å²) in [6, 6.07) is 2.23. The SMILES string of the molecule is CNC(c1ccn(C)n1)C1(C)CCCO1. The fourth-order valence-corrected chi connectivity index (χ4v) is 2.38. The maximum absolute atomic E-state index is 5.85. The van der Waals surface area contributed by atoms with Gasteiger partial charge in [0.2, 0.25) is 0 Å². The summed E-state index contributed by atoms with van der Waals surface area (Å²) in [5.74, 6) is 0. The number of hydrogen-bond acceptors (Lipinski definition) is 3. The molecule has 4 heteroatoms. The second kappa shape index (κ2) is 3.94. The van der Waals surface area contributed by atoms with Crippen molar-refractivity contribution >= 4 is 0 Å². The Kier molecular flexibility index (Phi) is 2.80. The van der Waals surface area contributed by atoms with Crippen LogP contribution < -0.4 is 5.32 Å². The largest absolute Gasteiger partial charge is 0.373 e. The lowest BCUT2D eigenvalue weighted by Crippen LogP contribution is -2.40. The third kappa shape index (κ3) is 1.92. The van der Waals surface area contributed by atoms with E-state index in [1.807, 2.05) is 31.0 Å². The maximum Gasteiger partial charge on any atom is 0.0865 e. The number of aromatic nitrogens is 2. The summed E-state index contributed by atoms with van der Waals surface area (Å²) in [4.78, 5) is 0. The summed E-state index contributed by atoms with van der Waals surface area (Å²) in [6.45, 7) is 3.03. The molecule has 2 atom stereocenters. The quantitative estimate of drug-likeness (QED) is 0.814. The molecule has 1 saturated heterocycles. The Morgan fingerprint density at radius 2 is 2.47 bits per heavy atom. The standard InChI is InChI=1S/C11H19N3O/c1-11(6-4-8-15-11)10(12-2)9-5-7-14(3)13-9/h5,7,10,12H,4,6,8H2,1-3H3. The Hall–Kier alpha value is -0.870. The third-order valence-corrected chi connectivity index (χ3v) is 3.18. The van der Waals surface area contributed by atoms with Crippen LogP contribution in [0.5, 0.6) is 0 Å². The number of ether oxygens (including phenoxy) is 1. The fourth-order valence-electron chi connectivity index (χ4n) is 2.38. The van der Waals surface area contributed by atoms with Crippen molar-refractivity contribution in [3.05, 3.63) is 18.0 Å². The second-order valence-electron chi connectivity index (χ2n) is 4.40. The van der Waals surface area contributed by atoms with Crippen molar-refractivity contribution in [1.82, 2.24) is 15.1 Å². The normalized spacial score (nSPS) is 28.2. The molecular formula is C11H19N3O. The molecule has 0 aromatic carbocycles. The molecule has 1 aliphatic heterocycles. The van der Waals surface area contributed by atoms with E-state index in [9.17, 15) is 0 Å². The van der Waals surface area contributed by atoms with Gasteiger partial charge in [0.05, 0.1) is 17.3 Å². The molecule has 0 spiro atoms.